The van der Waals surface area contributed by atoms with E-state index in [4.69, 9.17) is 4.42 Å². The summed E-state index contributed by atoms with van der Waals surface area (Å²) in [6, 6.07) is 11.7. The molecule has 29 heavy (non-hydrogen) atoms. The van der Waals surface area contributed by atoms with Gasteiger partial charge in [-0.3, -0.25) is 9.69 Å². The smallest absolute Gasteiger partial charge is 0.251 e. The van der Waals surface area contributed by atoms with Crippen LogP contribution < -0.4 is 5.32 Å². The van der Waals surface area contributed by atoms with E-state index in [9.17, 15) is 13.2 Å². The second kappa shape index (κ2) is 9.56. The Morgan fingerprint density at radius 3 is 2.45 bits per heavy atom. The number of benzene rings is 1. The number of hydrogen-bond acceptors (Lipinski definition) is 5. The van der Waals surface area contributed by atoms with Crippen molar-refractivity contribution in [3.8, 4) is 0 Å². The quantitative estimate of drug-likeness (QED) is 0.605. The third-order valence-electron chi connectivity index (χ3n) is 4.93. The summed E-state index contributed by atoms with van der Waals surface area (Å²) in [5.74, 6) is 0.913. The van der Waals surface area contributed by atoms with Gasteiger partial charge >= 0.3 is 0 Å². The SMILES string of the molecule is CN(C)S(=O)(=O)CCCN(Cc1ccc(C(=O)NC2CC2)cc1)Cc1ccco1. The van der Waals surface area contributed by atoms with Gasteiger partial charge in [-0.2, -0.15) is 0 Å². The molecule has 1 fully saturated rings. The van der Waals surface area contributed by atoms with Gasteiger partial charge in [0.1, 0.15) is 5.76 Å². The Hall–Kier alpha value is -2.16. The first-order valence-electron chi connectivity index (χ1n) is 9.88. The molecule has 0 aliphatic heterocycles. The molecule has 7 nitrogen and oxygen atoms in total. The first-order chi connectivity index (χ1) is 13.8. The minimum absolute atomic E-state index is 0.0274. The highest BCUT2D eigenvalue weighted by molar-refractivity contribution is 7.89. The molecule has 1 aromatic carbocycles. The predicted molar refractivity (Wildman–Crippen MR) is 112 cm³/mol. The maximum Gasteiger partial charge on any atom is 0.251 e. The van der Waals surface area contributed by atoms with Crippen molar-refractivity contribution in [3.05, 3.63) is 59.5 Å². The van der Waals surface area contributed by atoms with E-state index in [1.54, 1.807) is 20.4 Å². The third-order valence-corrected chi connectivity index (χ3v) is 6.84. The van der Waals surface area contributed by atoms with Gasteiger partial charge in [-0.25, -0.2) is 12.7 Å². The zero-order valence-corrected chi connectivity index (χ0v) is 17.8. The third kappa shape index (κ3) is 6.69. The standard InChI is InChI=1S/C21H29N3O4S/c1-23(2)29(26,27)14-4-12-24(16-20-5-3-13-28-20)15-17-6-8-18(9-7-17)21(25)22-19-10-11-19/h3,5-9,13,19H,4,10-12,14-16H2,1-2H3,(H,22,25). The number of nitrogens with zero attached hydrogens (tertiary/aromatic N) is 2. The molecule has 1 aliphatic carbocycles. The summed E-state index contributed by atoms with van der Waals surface area (Å²) in [5.41, 5.74) is 1.73. The highest BCUT2D eigenvalue weighted by Gasteiger charge is 2.23. The molecule has 1 aromatic heterocycles. The van der Waals surface area contributed by atoms with Crippen LogP contribution in [0.3, 0.4) is 0 Å². The van der Waals surface area contributed by atoms with E-state index in [2.05, 4.69) is 10.2 Å². The van der Waals surface area contributed by atoms with E-state index in [0.717, 1.165) is 24.2 Å². The molecule has 1 heterocycles. The summed E-state index contributed by atoms with van der Waals surface area (Å²) in [6.07, 6.45) is 4.30. The lowest BCUT2D eigenvalue weighted by Crippen LogP contribution is -2.29. The molecule has 158 valence electrons. The van der Waals surface area contributed by atoms with Crippen LogP contribution in [-0.4, -0.2) is 56.0 Å². The highest BCUT2D eigenvalue weighted by atomic mass is 32.2. The van der Waals surface area contributed by atoms with Crippen LogP contribution in [0.4, 0.5) is 0 Å². The van der Waals surface area contributed by atoms with Crippen molar-refractivity contribution in [2.45, 2.75) is 38.4 Å². The molecule has 1 N–H and O–H groups in total. The van der Waals surface area contributed by atoms with E-state index in [1.807, 2.05) is 36.4 Å². The van der Waals surface area contributed by atoms with Gasteiger partial charge in [0.05, 0.1) is 18.6 Å². The average molecular weight is 420 g/mol. The molecule has 0 spiro atoms. The Morgan fingerprint density at radius 1 is 1.14 bits per heavy atom. The van der Waals surface area contributed by atoms with Crippen molar-refractivity contribution in [3.63, 3.8) is 0 Å². The highest BCUT2D eigenvalue weighted by Crippen LogP contribution is 2.19. The monoisotopic (exact) mass is 419 g/mol. The molecule has 3 rings (SSSR count). The molecule has 8 heteroatoms. The lowest BCUT2D eigenvalue weighted by Gasteiger charge is -2.22. The van der Waals surface area contributed by atoms with Crippen LogP contribution in [0.5, 0.6) is 0 Å². The van der Waals surface area contributed by atoms with Crippen molar-refractivity contribution >= 4 is 15.9 Å². The number of hydrogen-bond donors (Lipinski definition) is 1. The minimum atomic E-state index is -3.21. The largest absolute Gasteiger partial charge is 0.468 e. The molecule has 2 aromatic rings. The number of carbonyl (C=O) groups excluding carboxylic acids is 1. The Morgan fingerprint density at radius 2 is 1.86 bits per heavy atom. The molecule has 1 amide bonds. The Labute approximate surface area is 172 Å². The van der Waals surface area contributed by atoms with Crippen LogP contribution in [0, 0.1) is 0 Å². The van der Waals surface area contributed by atoms with Crippen LogP contribution in [0.15, 0.2) is 47.1 Å². The lowest BCUT2D eigenvalue weighted by atomic mass is 10.1. The van der Waals surface area contributed by atoms with Gasteiger partial charge < -0.3 is 9.73 Å². The fourth-order valence-electron chi connectivity index (χ4n) is 3.01. The van der Waals surface area contributed by atoms with Crippen LogP contribution >= 0.6 is 0 Å². The second-order valence-electron chi connectivity index (χ2n) is 7.69. The Kier molecular flexibility index (Phi) is 7.10. The molecule has 1 aliphatic rings. The Bertz CT molecular complexity index is 889. The molecule has 0 atom stereocenters. The van der Waals surface area contributed by atoms with E-state index in [-0.39, 0.29) is 11.7 Å². The summed E-state index contributed by atoms with van der Waals surface area (Å²) in [5, 5.41) is 2.99. The van der Waals surface area contributed by atoms with Crippen LogP contribution in [0.25, 0.3) is 0 Å². The van der Waals surface area contributed by atoms with Gasteiger partial charge in [-0.1, -0.05) is 12.1 Å². The molecule has 0 saturated heterocycles. The zero-order chi connectivity index (χ0) is 20.9. The van der Waals surface area contributed by atoms with E-state index in [1.165, 1.54) is 4.31 Å². The van der Waals surface area contributed by atoms with Crippen LogP contribution in [0.2, 0.25) is 0 Å². The molecular formula is C21H29N3O4S. The van der Waals surface area contributed by atoms with E-state index >= 15 is 0 Å². The van der Waals surface area contributed by atoms with Crippen molar-refractivity contribution in [1.29, 1.82) is 0 Å². The van der Waals surface area contributed by atoms with Crippen molar-refractivity contribution in [1.82, 2.24) is 14.5 Å². The molecule has 0 unspecified atom stereocenters. The van der Waals surface area contributed by atoms with Gasteiger partial charge in [0.2, 0.25) is 10.0 Å². The summed E-state index contributed by atoms with van der Waals surface area (Å²) >= 11 is 0. The average Bonchev–Trinajstić information content (AvgIpc) is 3.34. The van der Waals surface area contributed by atoms with Crippen LogP contribution in [-0.2, 0) is 23.1 Å². The number of sulfonamides is 1. The molecule has 0 radical (unpaired) electrons. The molecule has 0 bridgehead atoms. The van der Waals surface area contributed by atoms with Gasteiger partial charge in [0, 0.05) is 32.2 Å². The van der Waals surface area contributed by atoms with E-state index in [0.29, 0.717) is 37.7 Å². The fraction of sp³-hybridized carbons (Fsp3) is 0.476. The number of rotatable bonds is 11. The maximum atomic E-state index is 12.1. The summed E-state index contributed by atoms with van der Waals surface area (Å²) < 4.78 is 30.8. The van der Waals surface area contributed by atoms with Gasteiger partial charge in [-0.05, 0) is 55.6 Å². The Balaban J connectivity index is 1.60. The summed E-state index contributed by atoms with van der Waals surface area (Å²) in [6.45, 7) is 1.86. The van der Waals surface area contributed by atoms with E-state index < -0.39 is 10.0 Å². The van der Waals surface area contributed by atoms with Gasteiger partial charge in [0.25, 0.3) is 5.91 Å². The van der Waals surface area contributed by atoms with Gasteiger partial charge in [0.15, 0.2) is 0 Å². The number of amides is 1. The fourth-order valence-corrected chi connectivity index (χ4v) is 3.87. The zero-order valence-electron chi connectivity index (χ0n) is 17.0. The number of furan rings is 1. The van der Waals surface area contributed by atoms with Crippen LogP contribution in [0.1, 0.15) is 40.9 Å². The first kappa shape index (κ1) is 21.5. The van der Waals surface area contributed by atoms with Crippen molar-refractivity contribution in [2.75, 3.05) is 26.4 Å². The van der Waals surface area contributed by atoms with Gasteiger partial charge in [-0.15, -0.1) is 0 Å². The second-order valence-corrected chi connectivity index (χ2v) is 9.99. The molecule has 1 saturated carbocycles. The normalized spacial score (nSPS) is 14.5. The predicted octanol–water partition coefficient (Wildman–Crippen LogP) is 2.46. The topological polar surface area (TPSA) is 82.9 Å². The number of nitrogens with one attached hydrogen (secondary N) is 1. The minimum Gasteiger partial charge on any atom is -0.468 e. The first-order valence-corrected chi connectivity index (χ1v) is 11.5. The van der Waals surface area contributed by atoms with Crippen molar-refractivity contribution in [2.24, 2.45) is 0 Å². The summed E-state index contributed by atoms with van der Waals surface area (Å²) in [7, 11) is -0.105. The number of carbonyl (C=O) groups is 1. The summed E-state index contributed by atoms with van der Waals surface area (Å²) in [4.78, 5) is 14.3. The lowest BCUT2D eigenvalue weighted by molar-refractivity contribution is 0.0951. The van der Waals surface area contributed by atoms with Crippen molar-refractivity contribution < 1.29 is 17.6 Å². The maximum absolute atomic E-state index is 12.1. The molecular weight excluding hydrogens is 390 g/mol.